The number of carbonyl (C=O) groups is 1. The fourth-order valence-corrected chi connectivity index (χ4v) is 2.54. The van der Waals surface area contributed by atoms with Crippen LogP contribution in [0.3, 0.4) is 0 Å². The predicted molar refractivity (Wildman–Crippen MR) is 81.4 cm³/mol. The van der Waals surface area contributed by atoms with Gasteiger partial charge >= 0.3 is 0 Å². The molecule has 0 bridgehead atoms. The van der Waals surface area contributed by atoms with Crippen LogP contribution in [0.5, 0.6) is 0 Å². The fraction of sp³-hybridized carbons (Fsp3) is 0.533. The van der Waals surface area contributed by atoms with Crippen molar-refractivity contribution in [3.05, 3.63) is 35.8 Å². The average Bonchev–Trinajstić information content (AvgIpc) is 3.19. The molecule has 3 rings (SSSR count). The number of morpholine rings is 1. The molecule has 0 aromatic carbocycles. The van der Waals surface area contributed by atoms with E-state index in [-0.39, 0.29) is 12.0 Å². The molecule has 1 aliphatic heterocycles. The highest BCUT2D eigenvalue weighted by molar-refractivity contribution is 5.77. The first-order valence-corrected chi connectivity index (χ1v) is 7.61. The Kier molecular flexibility index (Phi) is 4.73. The van der Waals surface area contributed by atoms with Crippen LogP contribution in [0.2, 0.25) is 0 Å². The van der Waals surface area contributed by atoms with Gasteiger partial charge in [0.25, 0.3) is 0 Å². The molecule has 1 amide bonds. The highest BCUT2D eigenvalue weighted by Gasteiger charge is 2.27. The van der Waals surface area contributed by atoms with Gasteiger partial charge in [0.15, 0.2) is 5.82 Å². The highest BCUT2D eigenvalue weighted by Crippen LogP contribution is 2.19. The number of amides is 1. The molecule has 3 heterocycles. The van der Waals surface area contributed by atoms with Gasteiger partial charge in [0.2, 0.25) is 5.91 Å². The first kappa shape index (κ1) is 15.7. The molecule has 1 atom stereocenters. The molecule has 1 fully saturated rings. The van der Waals surface area contributed by atoms with E-state index in [4.69, 9.17) is 9.15 Å². The third-order valence-electron chi connectivity index (χ3n) is 3.81. The van der Waals surface area contributed by atoms with Gasteiger partial charge in [-0.2, -0.15) is 5.10 Å². The number of nitrogens with zero attached hydrogens (tertiary/aromatic N) is 4. The minimum atomic E-state index is -0.197. The van der Waals surface area contributed by atoms with Gasteiger partial charge in [-0.05, 0) is 19.1 Å². The van der Waals surface area contributed by atoms with Crippen LogP contribution >= 0.6 is 0 Å². The van der Waals surface area contributed by atoms with Gasteiger partial charge in [-0.15, -0.1) is 0 Å². The van der Waals surface area contributed by atoms with Gasteiger partial charge in [-0.3, -0.25) is 14.8 Å². The summed E-state index contributed by atoms with van der Waals surface area (Å²) in [6.07, 6.45) is 1.41. The van der Waals surface area contributed by atoms with Crippen LogP contribution in [0.15, 0.2) is 22.8 Å². The van der Waals surface area contributed by atoms with Crippen molar-refractivity contribution >= 4 is 5.91 Å². The van der Waals surface area contributed by atoms with Crippen molar-refractivity contribution < 1.29 is 13.9 Å². The molecule has 0 unspecified atom stereocenters. The van der Waals surface area contributed by atoms with E-state index in [0.29, 0.717) is 32.1 Å². The van der Waals surface area contributed by atoms with Crippen molar-refractivity contribution in [1.82, 2.24) is 25.0 Å². The quantitative estimate of drug-likeness (QED) is 0.874. The van der Waals surface area contributed by atoms with Crippen LogP contribution in [0.4, 0.5) is 0 Å². The molecule has 1 saturated heterocycles. The molecule has 1 aliphatic rings. The fourth-order valence-electron chi connectivity index (χ4n) is 2.54. The molecule has 2 aromatic heterocycles. The number of ether oxygens (including phenoxy) is 1. The standard InChI is InChI=1S/C15H21N5O3/c1-11-16-15(18-17-11)13-9-20(5-7-23-13)10-14(21)19(2)8-12-4-3-6-22-12/h3-4,6,13H,5,7-10H2,1-2H3,(H,16,17,18)/t13-/m0/s1. The van der Waals surface area contributed by atoms with E-state index in [0.717, 1.165) is 18.1 Å². The van der Waals surface area contributed by atoms with Gasteiger partial charge in [0, 0.05) is 20.1 Å². The van der Waals surface area contributed by atoms with Crippen LogP contribution in [-0.2, 0) is 16.1 Å². The summed E-state index contributed by atoms with van der Waals surface area (Å²) in [5, 5.41) is 6.96. The van der Waals surface area contributed by atoms with E-state index in [2.05, 4.69) is 20.1 Å². The number of nitrogens with one attached hydrogen (secondary N) is 1. The first-order valence-electron chi connectivity index (χ1n) is 7.61. The lowest BCUT2D eigenvalue weighted by Gasteiger charge is -2.32. The second-order valence-electron chi connectivity index (χ2n) is 5.70. The Morgan fingerprint density at radius 3 is 3.13 bits per heavy atom. The Balaban J connectivity index is 1.53. The first-order chi connectivity index (χ1) is 11.1. The largest absolute Gasteiger partial charge is 0.467 e. The summed E-state index contributed by atoms with van der Waals surface area (Å²) in [6, 6.07) is 3.68. The van der Waals surface area contributed by atoms with E-state index in [9.17, 15) is 4.79 Å². The molecule has 0 spiro atoms. The predicted octanol–water partition coefficient (Wildman–Crippen LogP) is 0.738. The lowest BCUT2D eigenvalue weighted by Crippen LogP contribution is -2.44. The number of carbonyl (C=O) groups excluding carboxylic acids is 1. The Morgan fingerprint density at radius 1 is 1.57 bits per heavy atom. The maximum Gasteiger partial charge on any atom is 0.236 e. The summed E-state index contributed by atoms with van der Waals surface area (Å²) in [4.78, 5) is 20.4. The van der Waals surface area contributed by atoms with Gasteiger partial charge in [-0.1, -0.05) is 0 Å². The summed E-state index contributed by atoms with van der Waals surface area (Å²) >= 11 is 0. The molecule has 8 nitrogen and oxygen atoms in total. The second-order valence-corrected chi connectivity index (χ2v) is 5.70. The third kappa shape index (κ3) is 3.96. The molecular formula is C15H21N5O3. The zero-order valence-corrected chi connectivity index (χ0v) is 13.4. The number of aryl methyl sites for hydroxylation is 1. The van der Waals surface area contributed by atoms with E-state index >= 15 is 0 Å². The summed E-state index contributed by atoms with van der Waals surface area (Å²) in [5.41, 5.74) is 0. The van der Waals surface area contributed by atoms with Crippen molar-refractivity contribution in [3.63, 3.8) is 0 Å². The van der Waals surface area contributed by atoms with Crippen LogP contribution in [0.25, 0.3) is 0 Å². The lowest BCUT2D eigenvalue weighted by atomic mass is 10.2. The molecule has 8 heteroatoms. The second kappa shape index (κ2) is 6.93. The summed E-state index contributed by atoms with van der Waals surface area (Å²) in [5.74, 6) is 2.23. The van der Waals surface area contributed by atoms with Crippen molar-refractivity contribution in [2.24, 2.45) is 0 Å². The van der Waals surface area contributed by atoms with Crippen molar-refractivity contribution in [2.75, 3.05) is 33.3 Å². The van der Waals surface area contributed by atoms with Crippen LogP contribution in [0, 0.1) is 6.92 Å². The zero-order valence-electron chi connectivity index (χ0n) is 13.4. The Morgan fingerprint density at radius 2 is 2.43 bits per heavy atom. The number of rotatable bonds is 5. The monoisotopic (exact) mass is 319 g/mol. The number of hydrogen-bond donors (Lipinski definition) is 1. The van der Waals surface area contributed by atoms with Crippen molar-refractivity contribution in [1.29, 1.82) is 0 Å². The number of aromatic nitrogens is 3. The smallest absolute Gasteiger partial charge is 0.236 e. The third-order valence-corrected chi connectivity index (χ3v) is 3.81. The molecular weight excluding hydrogens is 298 g/mol. The van der Waals surface area contributed by atoms with Crippen LogP contribution < -0.4 is 0 Å². The van der Waals surface area contributed by atoms with E-state index in [1.54, 1.807) is 18.2 Å². The number of H-pyrrole nitrogens is 1. The van der Waals surface area contributed by atoms with E-state index < -0.39 is 0 Å². The number of furan rings is 1. The minimum Gasteiger partial charge on any atom is -0.467 e. The van der Waals surface area contributed by atoms with Gasteiger partial charge in [0.1, 0.15) is 17.7 Å². The SMILES string of the molecule is Cc1nc([C@@H]2CN(CC(=O)N(C)Cc3ccco3)CCO2)n[nH]1. The average molecular weight is 319 g/mol. The van der Waals surface area contributed by atoms with Crippen molar-refractivity contribution in [2.45, 2.75) is 19.6 Å². The number of aromatic amines is 1. The maximum atomic E-state index is 12.3. The molecule has 124 valence electrons. The van der Waals surface area contributed by atoms with E-state index in [1.165, 1.54) is 0 Å². The molecule has 0 aliphatic carbocycles. The van der Waals surface area contributed by atoms with Crippen LogP contribution in [-0.4, -0.2) is 64.2 Å². The maximum absolute atomic E-state index is 12.3. The normalized spacial score (nSPS) is 19.0. The Hall–Kier alpha value is -2.19. The minimum absolute atomic E-state index is 0.0493. The van der Waals surface area contributed by atoms with Gasteiger partial charge in [-0.25, -0.2) is 4.98 Å². The molecule has 1 N–H and O–H groups in total. The number of hydrogen-bond acceptors (Lipinski definition) is 6. The Bertz CT molecular complexity index is 639. The van der Waals surface area contributed by atoms with Gasteiger partial charge in [0.05, 0.1) is 26.0 Å². The number of likely N-dealkylation sites (N-methyl/N-ethyl adjacent to an activating group) is 1. The summed E-state index contributed by atoms with van der Waals surface area (Å²) < 4.78 is 11.0. The molecule has 0 saturated carbocycles. The molecule has 2 aromatic rings. The topological polar surface area (TPSA) is 87.5 Å². The highest BCUT2D eigenvalue weighted by atomic mass is 16.5. The zero-order chi connectivity index (χ0) is 16.2. The molecule has 0 radical (unpaired) electrons. The lowest BCUT2D eigenvalue weighted by molar-refractivity contribution is -0.134. The van der Waals surface area contributed by atoms with Crippen molar-refractivity contribution in [3.8, 4) is 0 Å². The summed E-state index contributed by atoms with van der Waals surface area (Å²) in [7, 11) is 1.78. The van der Waals surface area contributed by atoms with Gasteiger partial charge < -0.3 is 14.1 Å². The Labute approximate surface area is 134 Å². The summed E-state index contributed by atoms with van der Waals surface area (Å²) in [6.45, 7) is 4.57. The van der Waals surface area contributed by atoms with Crippen LogP contribution in [0.1, 0.15) is 23.5 Å². The molecule has 23 heavy (non-hydrogen) atoms. The van der Waals surface area contributed by atoms with E-state index in [1.807, 2.05) is 19.1 Å².